The van der Waals surface area contributed by atoms with Gasteiger partial charge in [0.05, 0.1) is 6.10 Å². The van der Waals surface area contributed by atoms with Crippen molar-refractivity contribution >= 4 is 0 Å². The molecule has 0 bridgehead atoms. The van der Waals surface area contributed by atoms with E-state index in [-0.39, 0.29) is 6.10 Å². The smallest absolute Gasteiger partial charge is 0.0572 e. The first-order valence-electron chi connectivity index (χ1n) is 6.84. The standard InChI is InChI=1S/C14H26N2O/c1-4-6-12(7-5-2)14(17)9-8-13-10-11-15-16(13)3/h10-12,14,17H,4-9H2,1-3H3. The molecule has 98 valence electrons. The Morgan fingerprint density at radius 3 is 2.35 bits per heavy atom. The molecule has 0 spiro atoms. The maximum atomic E-state index is 10.2. The van der Waals surface area contributed by atoms with E-state index in [0.29, 0.717) is 5.92 Å². The average molecular weight is 238 g/mol. The first-order chi connectivity index (χ1) is 8.19. The zero-order valence-corrected chi connectivity index (χ0v) is 11.4. The molecule has 17 heavy (non-hydrogen) atoms. The quantitative estimate of drug-likeness (QED) is 0.756. The van der Waals surface area contributed by atoms with Gasteiger partial charge in [-0.2, -0.15) is 5.10 Å². The lowest BCUT2D eigenvalue weighted by Gasteiger charge is -2.22. The molecule has 1 unspecified atom stereocenters. The van der Waals surface area contributed by atoms with Crippen LogP contribution in [-0.4, -0.2) is 21.0 Å². The third kappa shape index (κ3) is 4.50. The highest BCUT2D eigenvalue weighted by Gasteiger charge is 2.17. The highest BCUT2D eigenvalue weighted by molar-refractivity contribution is 5.00. The summed E-state index contributed by atoms with van der Waals surface area (Å²) in [6, 6.07) is 2.03. The van der Waals surface area contributed by atoms with Crippen LogP contribution in [0, 0.1) is 5.92 Å². The lowest BCUT2D eigenvalue weighted by molar-refractivity contribution is 0.0878. The Balaban J connectivity index is 2.41. The Morgan fingerprint density at radius 2 is 1.88 bits per heavy atom. The van der Waals surface area contributed by atoms with Crippen molar-refractivity contribution in [3.8, 4) is 0 Å². The summed E-state index contributed by atoms with van der Waals surface area (Å²) in [5.41, 5.74) is 1.20. The Hall–Kier alpha value is -0.830. The maximum absolute atomic E-state index is 10.2. The van der Waals surface area contributed by atoms with Crippen molar-refractivity contribution < 1.29 is 5.11 Å². The summed E-state index contributed by atoms with van der Waals surface area (Å²) in [6.07, 6.45) is 8.02. The zero-order valence-electron chi connectivity index (χ0n) is 11.4. The highest BCUT2D eigenvalue weighted by Crippen LogP contribution is 2.21. The number of hydrogen-bond acceptors (Lipinski definition) is 2. The van der Waals surface area contributed by atoms with Crippen molar-refractivity contribution in [1.82, 2.24) is 9.78 Å². The highest BCUT2D eigenvalue weighted by atomic mass is 16.3. The molecule has 0 saturated heterocycles. The molecule has 0 aliphatic rings. The fourth-order valence-electron chi connectivity index (χ4n) is 2.45. The number of aliphatic hydroxyl groups excluding tert-OH is 1. The Morgan fingerprint density at radius 1 is 1.24 bits per heavy atom. The topological polar surface area (TPSA) is 38.1 Å². The van der Waals surface area contributed by atoms with E-state index >= 15 is 0 Å². The molecule has 0 aliphatic carbocycles. The summed E-state index contributed by atoms with van der Waals surface area (Å²) in [7, 11) is 1.96. The van der Waals surface area contributed by atoms with Crippen molar-refractivity contribution in [3.05, 3.63) is 18.0 Å². The molecule has 1 atom stereocenters. The van der Waals surface area contributed by atoms with E-state index < -0.39 is 0 Å². The summed E-state index contributed by atoms with van der Waals surface area (Å²) in [6.45, 7) is 4.38. The van der Waals surface area contributed by atoms with Crippen LogP contribution in [0.2, 0.25) is 0 Å². The van der Waals surface area contributed by atoms with Gasteiger partial charge in [-0.1, -0.05) is 26.7 Å². The van der Waals surface area contributed by atoms with E-state index in [0.717, 1.165) is 38.5 Å². The summed E-state index contributed by atoms with van der Waals surface area (Å²) in [5, 5.41) is 14.4. The molecular weight excluding hydrogens is 212 g/mol. The molecule has 1 heterocycles. The van der Waals surface area contributed by atoms with Crippen molar-refractivity contribution in [1.29, 1.82) is 0 Å². The number of aliphatic hydroxyl groups is 1. The van der Waals surface area contributed by atoms with E-state index in [9.17, 15) is 5.11 Å². The van der Waals surface area contributed by atoms with E-state index in [1.165, 1.54) is 5.69 Å². The van der Waals surface area contributed by atoms with Gasteiger partial charge in [0.15, 0.2) is 0 Å². The third-order valence-corrected chi connectivity index (χ3v) is 3.48. The van der Waals surface area contributed by atoms with Crippen LogP contribution in [0.5, 0.6) is 0 Å². The largest absolute Gasteiger partial charge is 0.393 e. The van der Waals surface area contributed by atoms with Gasteiger partial charge >= 0.3 is 0 Å². The van der Waals surface area contributed by atoms with E-state index in [1.807, 2.05) is 24.0 Å². The molecule has 1 aromatic rings. The normalized spacial score (nSPS) is 13.2. The first kappa shape index (κ1) is 14.2. The summed E-state index contributed by atoms with van der Waals surface area (Å²) in [5.74, 6) is 0.471. The van der Waals surface area contributed by atoms with Gasteiger partial charge in [0, 0.05) is 18.9 Å². The molecule has 1 aromatic heterocycles. The third-order valence-electron chi connectivity index (χ3n) is 3.48. The second-order valence-corrected chi connectivity index (χ2v) is 4.89. The van der Waals surface area contributed by atoms with Gasteiger partial charge in [-0.15, -0.1) is 0 Å². The molecular formula is C14H26N2O. The molecule has 0 aliphatic heterocycles. The molecule has 1 N–H and O–H groups in total. The van der Waals surface area contributed by atoms with E-state index in [1.54, 1.807) is 0 Å². The van der Waals surface area contributed by atoms with Gasteiger partial charge in [0.2, 0.25) is 0 Å². The van der Waals surface area contributed by atoms with Gasteiger partial charge in [-0.05, 0) is 37.7 Å². The van der Waals surface area contributed by atoms with Crippen LogP contribution < -0.4 is 0 Å². The van der Waals surface area contributed by atoms with Gasteiger partial charge in [-0.25, -0.2) is 0 Å². The fourth-order valence-corrected chi connectivity index (χ4v) is 2.45. The molecule has 3 heteroatoms. The number of hydrogen-bond donors (Lipinski definition) is 1. The van der Waals surface area contributed by atoms with Crippen LogP contribution in [0.25, 0.3) is 0 Å². The molecule has 0 saturated carbocycles. The van der Waals surface area contributed by atoms with E-state index in [4.69, 9.17) is 0 Å². The Kier molecular flexibility index (Phi) is 6.27. The van der Waals surface area contributed by atoms with Crippen molar-refractivity contribution in [3.63, 3.8) is 0 Å². The van der Waals surface area contributed by atoms with Crippen LogP contribution in [0.15, 0.2) is 12.3 Å². The summed E-state index contributed by atoms with van der Waals surface area (Å²) >= 11 is 0. The van der Waals surface area contributed by atoms with Gasteiger partial charge < -0.3 is 5.11 Å². The van der Waals surface area contributed by atoms with Crippen LogP contribution in [0.1, 0.15) is 51.6 Å². The molecule has 1 rings (SSSR count). The molecule has 0 radical (unpaired) electrons. The predicted octanol–water partition coefficient (Wildman–Crippen LogP) is 2.93. The van der Waals surface area contributed by atoms with E-state index in [2.05, 4.69) is 18.9 Å². The second kappa shape index (κ2) is 7.49. The van der Waals surface area contributed by atoms with Gasteiger partial charge in [0.1, 0.15) is 0 Å². The van der Waals surface area contributed by atoms with Crippen LogP contribution >= 0.6 is 0 Å². The van der Waals surface area contributed by atoms with Crippen LogP contribution in [-0.2, 0) is 13.5 Å². The SMILES string of the molecule is CCCC(CCC)C(O)CCc1ccnn1C. The number of rotatable bonds is 8. The minimum Gasteiger partial charge on any atom is -0.393 e. The van der Waals surface area contributed by atoms with Crippen molar-refractivity contribution in [2.45, 2.75) is 58.5 Å². The average Bonchev–Trinajstić information content (AvgIpc) is 2.71. The Bertz CT molecular complexity index is 303. The number of nitrogens with zero attached hydrogens (tertiary/aromatic N) is 2. The number of aryl methyl sites for hydroxylation is 2. The second-order valence-electron chi connectivity index (χ2n) is 4.89. The Labute approximate surface area is 105 Å². The lowest BCUT2D eigenvalue weighted by Crippen LogP contribution is -2.21. The van der Waals surface area contributed by atoms with Crippen molar-refractivity contribution in [2.24, 2.45) is 13.0 Å². The van der Waals surface area contributed by atoms with Crippen LogP contribution in [0.3, 0.4) is 0 Å². The summed E-state index contributed by atoms with van der Waals surface area (Å²) in [4.78, 5) is 0. The molecule has 3 nitrogen and oxygen atoms in total. The summed E-state index contributed by atoms with van der Waals surface area (Å²) < 4.78 is 1.89. The van der Waals surface area contributed by atoms with Crippen LogP contribution in [0.4, 0.5) is 0 Å². The minimum absolute atomic E-state index is 0.162. The fraction of sp³-hybridized carbons (Fsp3) is 0.786. The molecule has 0 fully saturated rings. The lowest BCUT2D eigenvalue weighted by atomic mass is 9.89. The minimum atomic E-state index is -0.162. The predicted molar refractivity (Wildman–Crippen MR) is 70.8 cm³/mol. The van der Waals surface area contributed by atoms with Crippen molar-refractivity contribution in [2.75, 3.05) is 0 Å². The maximum Gasteiger partial charge on any atom is 0.0572 e. The zero-order chi connectivity index (χ0) is 12.7. The molecule has 0 amide bonds. The monoisotopic (exact) mass is 238 g/mol. The molecule has 0 aromatic carbocycles. The first-order valence-corrected chi connectivity index (χ1v) is 6.84. The van der Waals surface area contributed by atoms with Gasteiger partial charge in [0.25, 0.3) is 0 Å². The van der Waals surface area contributed by atoms with Gasteiger partial charge in [-0.3, -0.25) is 4.68 Å². The number of aromatic nitrogens is 2.